The summed E-state index contributed by atoms with van der Waals surface area (Å²) in [4.78, 5) is 21.7. The monoisotopic (exact) mass is 314 g/mol. The molecule has 0 aliphatic carbocycles. The number of carboxylic acid groups (broad SMARTS) is 1. The SMILES string of the molecule is O=C(O)c1cccc(NCc2cccnc2N2CCOCC2)n1. The zero-order valence-electron chi connectivity index (χ0n) is 12.6. The van der Waals surface area contributed by atoms with Crippen LogP contribution in [0.25, 0.3) is 0 Å². The van der Waals surface area contributed by atoms with Crippen LogP contribution in [0.1, 0.15) is 16.1 Å². The number of hydrogen-bond acceptors (Lipinski definition) is 6. The summed E-state index contributed by atoms with van der Waals surface area (Å²) in [5.74, 6) is 0.420. The Morgan fingerprint density at radius 2 is 2.09 bits per heavy atom. The smallest absolute Gasteiger partial charge is 0.354 e. The van der Waals surface area contributed by atoms with Crippen LogP contribution in [0.15, 0.2) is 36.5 Å². The maximum atomic E-state index is 11.0. The van der Waals surface area contributed by atoms with Gasteiger partial charge in [0.05, 0.1) is 13.2 Å². The third-order valence-electron chi connectivity index (χ3n) is 3.61. The minimum absolute atomic E-state index is 0.0228. The van der Waals surface area contributed by atoms with Crippen LogP contribution in [-0.2, 0) is 11.3 Å². The third kappa shape index (κ3) is 3.75. The average Bonchev–Trinajstić information content (AvgIpc) is 2.61. The lowest BCUT2D eigenvalue weighted by molar-refractivity contribution is 0.0690. The number of aromatic carboxylic acids is 1. The zero-order chi connectivity index (χ0) is 16.1. The van der Waals surface area contributed by atoms with E-state index in [2.05, 4.69) is 20.2 Å². The quantitative estimate of drug-likeness (QED) is 0.867. The molecule has 0 spiro atoms. The molecule has 0 bridgehead atoms. The first-order chi connectivity index (χ1) is 11.2. The van der Waals surface area contributed by atoms with Gasteiger partial charge in [-0.15, -0.1) is 0 Å². The standard InChI is InChI=1S/C16H18N4O3/c21-16(22)13-4-1-5-14(19-13)18-11-12-3-2-6-17-15(12)20-7-9-23-10-8-20/h1-6H,7-11H2,(H,18,19)(H,21,22). The maximum absolute atomic E-state index is 11.0. The van der Waals surface area contributed by atoms with Crippen LogP contribution < -0.4 is 10.2 Å². The second-order valence-electron chi connectivity index (χ2n) is 5.15. The molecule has 0 atom stereocenters. The summed E-state index contributed by atoms with van der Waals surface area (Å²) in [6.45, 7) is 3.56. The van der Waals surface area contributed by atoms with E-state index in [-0.39, 0.29) is 5.69 Å². The predicted molar refractivity (Wildman–Crippen MR) is 85.8 cm³/mol. The molecule has 1 fully saturated rings. The van der Waals surface area contributed by atoms with Crippen LogP contribution in [0.5, 0.6) is 0 Å². The van der Waals surface area contributed by atoms with Gasteiger partial charge in [-0.3, -0.25) is 0 Å². The van der Waals surface area contributed by atoms with Gasteiger partial charge in [0.25, 0.3) is 0 Å². The van der Waals surface area contributed by atoms with Crippen LogP contribution >= 0.6 is 0 Å². The molecule has 7 nitrogen and oxygen atoms in total. The number of nitrogens with zero attached hydrogens (tertiary/aromatic N) is 3. The van der Waals surface area contributed by atoms with Crippen molar-refractivity contribution in [2.24, 2.45) is 0 Å². The Hall–Kier alpha value is -2.67. The van der Waals surface area contributed by atoms with Crippen molar-refractivity contribution < 1.29 is 14.6 Å². The molecule has 120 valence electrons. The number of ether oxygens (including phenoxy) is 1. The van der Waals surface area contributed by atoms with Crippen LogP contribution in [0, 0.1) is 0 Å². The van der Waals surface area contributed by atoms with Gasteiger partial charge >= 0.3 is 5.97 Å². The molecule has 23 heavy (non-hydrogen) atoms. The van der Waals surface area contributed by atoms with Gasteiger partial charge in [-0.05, 0) is 18.2 Å². The van der Waals surface area contributed by atoms with E-state index in [1.165, 1.54) is 6.07 Å². The first-order valence-corrected chi connectivity index (χ1v) is 7.45. The number of hydrogen-bond donors (Lipinski definition) is 2. The Bertz CT molecular complexity index is 687. The molecule has 0 radical (unpaired) electrons. The highest BCUT2D eigenvalue weighted by Crippen LogP contribution is 2.19. The van der Waals surface area contributed by atoms with E-state index < -0.39 is 5.97 Å². The molecular weight excluding hydrogens is 296 g/mol. The number of aromatic nitrogens is 2. The predicted octanol–water partition coefficient (Wildman–Crippen LogP) is 1.62. The van der Waals surface area contributed by atoms with Crippen molar-refractivity contribution in [3.63, 3.8) is 0 Å². The van der Waals surface area contributed by atoms with Gasteiger partial charge in [0, 0.05) is 31.4 Å². The summed E-state index contributed by atoms with van der Waals surface area (Å²) in [5.41, 5.74) is 1.06. The molecule has 0 unspecified atom stereocenters. The van der Waals surface area contributed by atoms with E-state index in [1.807, 2.05) is 12.1 Å². The molecule has 2 aromatic heterocycles. The number of rotatable bonds is 5. The van der Waals surface area contributed by atoms with Crippen LogP contribution in [0.3, 0.4) is 0 Å². The molecule has 0 aromatic carbocycles. The summed E-state index contributed by atoms with van der Waals surface area (Å²) in [6.07, 6.45) is 1.78. The van der Waals surface area contributed by atoms with Crippen LogP contribution in [-0.4, -0.2) is 47.3 Å². The number of pyridine rings is 2. The number of anilines is 2. The highest BCUT2D eigenvalue weighted by molar-refractivity contribution is 5.85. The lowest BCUT2D eigenvalue weighted by atomic mass is 10.2. The largest absolute Gasteiger partial charge is 0.477 e. The maximum Gasteiger partial charge on any atom is 0.354 e. The molecule has 7 heteroatoms. The summed E-state index contributed by atoms with van der Waals surface area (Å²) in [5, 5.41) is 12.2. The van der Waals surface area contributed by atoms with Gasteiger partial charge in [0.1, 0.15) is 11.6 Å². The number of carboxylic acids is 1. The van der Waals surface area contributed by atoms with E-state index in [1.54, 1.807) is 18.3 Å². The molecule has 2 N–H and O–H groups in total. The Kier molecular flexibility index (Phi) is 4.68. The van der Waals surface area contributed by atoms with Crippen molar-refractivity contribution in [1.29, 1.82) is 0 Å². The Morgan fingerprint density at radius 3 is 2.87 bits per heavy atom. The molecule has 0 amide bonds. The fourth-order valence-electron chi connectivity index (χ4n) is 2.47. The van der Waals surface area contributed by atoms with E-state index >= 15 is 0 Å². The van der Waals surface area contributed by atoms with Crippen molar-refractivity contribution in [2.45, 2.75) is 6.54 Å². The first kappa shape index (κ1) is 15.2. The second kappa shape index (κ2) is 7.06. The van der Waals surface area contributed by atoms with Crippen LogP contribution in [0.4, 0.5) is 11.6 Å². The fourth-order valence-corrected chi connectivity index (χ4v) is 2.47. The molecule has 2 aromatic rings. The topological polar surface area (TPSA) is 87.6 Å². The van der Waals surface area contributed by atoms with Crippen molar-refractivity contribution >= 4 is 17.6 Å². The Balaban J connectivity index is 1.73. The summed E-state index contributed by atoms with van der Waals surface area (Å²) in [7, 11) is 0. The van der Waals surface area contributed by atoms with Crippen molar-refractivity contribution in [2.75, 3.05) is 36.5 Å². The molecular formula is C16H18N4O3. The number of nitrogens with one attached hydrogen (secondary N) is 1. The third-order valence-corrected chi connectivity index (χ3v) is 3.61. The van der Waals surface area contributed by atoms with Crippen molar-refractivity contribution in [3.05, 3.63) is 47.8 Å². The van der Waals surface area contributed by atoms with E-state index in [4.69, 9.17) is 9.84 Å². The molecule has 1 saturated heterocycles. The number of carbonyl (C=O) groups is 1. The minimum Gasteiger partial charge on any atom is -0.477 e. The highest BCUT2D eigenvalue weighted by Gasteiger charge is 2.15. The average molecular weight is 314 g/mol. The van der Waals surface area contributed by atoms with Gasteiger partial charge in [-0.2, -0.15) is 0 Å². The lowest BCUT2D eigenvalue weighted by Gasteiger charge is -2.29. The van der Waals surface area contributed by atoms with Crippen molar-refractivity contribution in [1.82, 2.24) is 9.97 Å². The van der Waals surface area contributed by atoms with Crippen molar-refractivity contribution in [3.8, 4) is 0 Å². The Morgan fingerprint density at radius 1 is 1.26 bits per heavy atom. The van der Waals surface area contributed by atoms with Gasteiger partial charge < -0.3 is 20.1 Å². The van der Waals surface area contributed by atoms with Crippen LogP contribution in [0.2, 0.25) is 0 Å². The molecule has 1 aliphatic rings. The van der Waals surface area contributed by atoms with E-state index in [9.17, 15) is 4.79 Å². The lowest BCUT2D eigenvalue weighted by Crippen LogP contribution is -2.37. The minimum atomic E-state index is -1.04. The fraction of sp³-hybridized carbons (Fsp3) is 0.312. The summed E-state index contributed by atoms with van der Waals surface area (Å²) in [6, 6.07) is 8.78. The van der Waals surface area contributed by atoms with Gasteiger partial charge in [0.15, 0.2) is 5.69 Å². The molecule has 3 heterocycles. The van der Waals surface area contributed by atoms with E-state index in [0.717, 1.165) is 24.5 Å². The highest BCUT2D eigenvalue weighted by atomic mass is 16.5. The number of morpholine rings is 1. The first-order valence-electron chi connectivity index (χ1n) is 7.45. The summed E-state index contributed by atoms with van der Waals surface area (Å²) < 4.78 is 5.38. The normalized spacial score (nSPS) is 14.5. The summed E-state index contributed by atoms with van der Waals surface area (Å²) >= 11 is 0. The zero-order valence-corrected chi connectivity index (χ0v) is 12.6. The molecule has 0 saturated carbocycles. The molecule has 1 aliphatic heterocycles. The van der Waals surface area contributed by atoms with E-state index in [0.29, 0.717) is 25.6 Å². The van der Waals surface area contributed by atoms with Gasteiger partial charge in [-0.25, -0.2) is 14.8 Å². The van der Waals surface area contributed by atoms with Gasteiger partial charge in [-0.1, -0.05) is 12.1 Å². The Labute approximate surface area is 133 Å². The van der Waals surface area contributed by atoms with Gasteiger partial charge in [0.2, 0.25) is 0 Å². The second-order valence-corrected chi connectivity index (χ2v) is 5.15. The molecule has 3 rings (SSSR count).